The van der Waals surface area contributed by atoms with Crippen LogP contribution in [0.25, 0.3) is 0 Å². The van der Waals surface area contributed by atoms with Crippen LogP contribution >= 0.6 is 27.7 Å². The predicted octanol–water partition coefficient (Wildman–Crippen LogP) is 5.16. The van der Waals surface area contributed by atoms with Crippen molar-refractivity contribution < 1.29 is 14.3 Å². The smallest absolute Gasteiger partial charge is 0.262 e. The topological polar surface area (TPSA) is 79.8 Å². The molecule has 0 aliphatic carbocycles. The van der Waals surface area contributed by atoms with Crippen LogP contribution in [0.15, 0.2) is 82.4 Å². The maximum absolute atomic E-state index is 12.0. The van der Waals surface area contributed by atoms with Crippen LogP contribution in [0.2, 0.25) is 0 Å². The standard InChI is InChI=1S/C25H24BrN3O3S/c1-18-6-10-21(11-7-18)28-24(30)15-32-22-12-8-19(9-13-22)14-27-29-25(31)17-33-16-20-4-2-3-5-23(20)26/h2-14H,15-17H2,1H3,(H,28,30)(H,29,31)/b27-14-. The summed E-state index contributed by atoms with van der Waals surface area (Å²) in [7, 11) is 0. The first-order valence-corrected chi connectivity index (χ1v) is 12.2. The average Bonchev–Trinajstić information content (AvgIpc) is 2.81. The molecule has 0 fully saturated rings. The molecule has 0 aliphatic rings. The van der Waals surface area contributed by atoms with Gasteiger partial charge in [0.15, 0.2) is 6.61 Å². The Labute approximate surface area is 205 Å². The molecular formula is C25H24BrN3O3S. The Morgan fingerprint density at radius 1 is 1.00 bits per heavy atom. The van der Waals surface area contributed by atoms with Gasteiger partial charge in [0, 0.05) is 15.9 Å². The van der Waals surface area contributed by atoms with Gasteiger partial charge in [-0.2, -0.15) is 5.10 Å². The van der Waals surface area contributed by atoms with Gasteiger partial charge in [-0.1, -0.05) is 51.8 Å². The van der Waals surface area contributed by atoms with Gasteiger partial charge in [-0.05, 0) is 60.5 Å². The number of carbonyl (C=O) groups is 2. The lowest BCUT2D eigenvalue weighted by atomic mass is 10.2. The summed E-state index contributed by atoms with van der Waals surface area (Å²) in [4.78, 5) is 24.0. The number of halogens is 1. The van der Waals surface area contributed by atoms with Crippen LogP contribution in [-0.4, -0.2) is 30.4 Å². The number of nitrogens with one attached hydrogen (secondary N) is 2. The average molecular weight is 526 g/mol. The molecule has 33 heavy (non-hydrogen) atoms. The van der Waals surface area contributed by atoms with Crippen molar-refractivity contribution in [3.05, 3.63) is 94.0 Å². The van der Waals surface area contributed by atoms with E-state index in [4.69, 9.17) is 4.74 Å². The molecule has 0 saturated carbocycles. The monoisotopic (exact) mass is 525 g/mol. The predicted molar refractivity (Wildman–Crippen MR) is 138 cm³/mol. The van der Waals surface area contributed by atoms with E-state index in [-0.39, 0.29) is 18.4 Å². The van der Waals surface area contributed by atoms with Gasteiger partial charge in [0.1, 0.15) is 5.75 Å². The third-order valence-electron chi connectivity index (χ3n) is 4.44. The van der Waals surface area contributed by atoms with E-state index in [1.165, 1.54) is 11.8 Å². The minimum absolute atomic E-state index is 0.0887. The van der Waals surface area contributed by atoms with E-state index >= 15 is 0 Å². The Balaban J connectivity index is 1.36. The SMILES string of the molecule is Cc1ccc(NC(=O)COc2ccc(/C=N\NC(=O)CSCc3ccccc3Br)cc2)cc1. The number of hydrogen-bond donors (Lipinski definition) is 2. The largest absolute Gasteiger partial charge is 0.484 e. The van der Waals surface area contributed by atoms with E-state index < -0.39 is 0 Å². The zero-order valence-electron chi connectivity index (χ0n) is 18.1. The molecule has 0 atom stereocenters. The molecule has 8 heteroatoms. The van der Waals surface area contributed by atoms with E-state index in [0.717, 1.165) is 32.6 Å². The van der Waals surface area contributed by atoms with Crippen molar-refractivity contribution in [2.75, 3.05) is 17.7 Å². The van der Waals surface area contributed by atoms with Gasteiger partial charge < -0.3 is 10.1 Å². The van der Waals surface area contributed by atoms with Gasteiger partial charge >= 0.3 is 0 Å². The van der Waals surface area contributed by atoms with Crippen molar-refractivity contribution in [3.8, 4) is 5.75 Å². The summed E-state index contributed by atoms with van der Waals surface area (Å²) in [6.45, 7) is 1.90. The first-order valence-electron chi connectivity index (χ1n) is 10.2. The fourth-order valence-electron chi connectivity index (χ4n) is 2.71. The lowest BCUT2D eigenvalue weighted by Gasteiger charge is -2.08. The molecular weight excluding hydrogens is 502 g/mol. The Bertz CT molecular complexity index is 1100. The number of carbonyl (C=O) groups excluding carboxylic acids is 2. The first kappa shape index (κ1) is 24.5. The number of rotatable bonds is 10. The van der Waals surface area contributed by atoms with Crippen molar-refractivity contribution in [1.29, 1.82) is 0 Å². The molecule has 0 saturated heterocycles. The Hall–Kier alpha value is -3.10. The van der Waals surface area contributed by atoms with Crippen LogP contribution in [0.4, 0.5) is 5.69 Å². The Morgan fingerprint density at radius 3 is 2.45 bits per heavy atom. The van der Waals surface area contributed by atoms with Crippen molar-refractivity contribution in [2.45, 2.75) is 12.7 Å². The molecule has 0 spiro atoms. The summed E-state index contributed by atoms with van der Waals surface area (Å²) >= 11 is 5.02. The molecule has 0 aliphatic heterocycles. The minimum atomic E-state index is -0.232. The summed E-state index contributed by atoms with van der Waals surface area (Å²) in [6, 6.07) is 22.6. The zero-order valence-corrected chi connectivity index (χ0v) is 20.5. The van der Waals surface area contributed by atoms with E-state index in [2.05, 4.69) is 31.8 Å². The molecule has 3 rings (SSSR count). The highest BCUT2D eigenvalue weighted by atomic mass is 79.9. The van der Waals surface area contributed by atoms with Gasteiger partial charge in [0.2, 0.25) is 5.91 Å². The summed E-state index contributed by atoms with van der Waals surface area (Å²) < 4.78 is 6.56. The molecule has 0 unspecified atom stereocenters. The van der Waals surface area contributed by atoms with E-state index in [9.17, 15) is 9.59 Å². The third kappa shape index (κ3) is 8.75. The summed E-state index contributed by atoms with van der Waals surface area (Å²) in [5, 5.41) is 6.78. The van der Waals surface area contributed by atoms with Gasteiger partial charge in [-0.15, -0.1) is 11.8 Å². The lowest BCUT2D eigenvalue weighted by Crippen LogP contribution is -2.20. The number of amides is 2. The molecule has 3 aromatic rings. The van der Waals surface area contributed by atoms with Crippen molar-refractivity contribution in [1.82, 2.24) is 5.43 Å². The quantitative estimate of drug-likeness (QED) is 0.283. The van der Waals surface area contributed by atoms with Gasteiger partial charge in [-0.3, -0.25) is 9.59 Å². The van der Waals surface area contributed by atoms with Crippen molar-refractivity contribution in [2.24, 2.45) is 5.10 Å². The fraction of sp³-hybridized carbons (Fsp3) is 0.160. The normalized spacial score (nSPS) is 10.7. The lowest BCUT2D eigenvalue weighted by molar-refractivity contribution is -0.119. The summed E-state index contributed by atoms with van der Waals surface area (Å²) in [5.41, 5.74) is 6.33. The van der Waals surface area contributed by atoms with Gasteiger partial charge in [0.05, 0.1) is 12.0 Å². The highest BCUT2D eigenvalue weighted by Gasteiger charge is 2.05. The number of hydrazone groups is 1. The number of benzene rings is 3. The molecule has 0 aromatic heterocycles. The summed E-state index contributed by atoms with van der Waals surface area (Å²) in [6.07, 6.45) is 1.56. The molecule has 3 aromatic carbocycles. The third-order valence-corrected chi connectivity index (χ3v) is 6.19. The molecule has 0 heterocycles. The molecule has 0 bridgehead atoms. The molecule has 170 valence electrons. The maximum atomic E-state index is 12.0. The van der Waals surface area contributed by atoms with Gasteiger partial charge in [-0.25, -0.2) is 5.43 Å². The maximum Gasteiger partial charge on any atom is 0.262 e. The van der Waals surface area contributed by atoms with Crippen LogP contribution < -0.4 is 15.5 Å². The Kier molecular flexibility index (Phi) is 9.53. The highest BCUT2D eigenvalue weighted by Crippen LogP contribution is 2.21. The number of anilines is 1. The number of nitrogens with zero attached hydrogens (tertiary/aromatic N) is 1. The van der Waals surface area contributed by atoms with Crippen LogP contribution in [-0.2, 0) is 15.3 Å². The number of aryl methyl sites for hydroxylation is 1. The van der Waals surface area contributed by atoms with E-state index in [0.29, 0.717) is 11.5 Å². The minimum Gasteiger partial charge on any atom is -0.484 e. The van der Waals surface area contributed by atoms with Gasteiger partial charge in [0.25, 0.3) is 5.91 Å². The zero-order chi connectivity index (χ0) is 23.5. The first-order chi connectivity index (χ1) is 16.0. The summed E-state index contributed by atoms with van der Waals surface area (Å²) in [5.74, 6) is 1.23. The molecule has 0 radical (unpaired) electrons. The van der Waals surface area contributed by atoms with Crippen molar-refractivity contribution in [3.63, 3.8) is 0 Å². The van der Waals surface area contributed by atoms with Crippen LogP contribution in [0.5, 0.6) is 5.75 Å². The molecule has 6 nitrogen and oxygen atoms in total. The van der Waals surface area contributed by atoms with Crippen LogP contribution in [0.3, 0.4) is 0 Å². The number of thioether (sulfide) groups is 1. The molecule has 2 N–H and O–H groups in total. The van der Waals surface area contributed by atoms with Crippen LogP contribution in [0.1, 0.15) is 16.7 Å². The van der Waals surface area contributed by atoms with Crippen LogP contribution in [0, 0.1) is 6.92 Å². The second kappa shape index (κ2) is 12.8. The highest BCUT2D eigenvalue weighted by molar-refractivity contribution is 9.10. The van der Waals surface area contributed by atoms with E-state index in [1.807, 2.05) is 55.5 Å². The Morgan fingerprint density at radius 2 is 1.73 bits per heavy atom. The van der Waals surface area contributed by atoms with Crippen molar-refractivity contribution >= 4 is 51.4 Å². The second-order valence-corrected chi connectivity index (χ2v) is 8.99. The fourth-order valence-corrected chi connectivity index (χ4v) is 4.15. The number of ether oxygens (including phenoxy) is 1. The molecule has 2 amide bonds. The second-order valence-electron chi connectivity index (χ2n) is 7.15. The number of hydrogen-bond acceptors (Lipinski definition) is 5. The van der Waals surface area contributed by atoms with E-state index in [1.54, 1.807) is 30.5 Å².